The van der Waals surface area contributed by atoms with Crippen molar-refractivity contribution in [1.82, 2.24) is 24.1 Å². The molecule has 3 heterocycles. The zero-order valence-corrected chi connectivity index (χ0v) is 18.2. The molecule has 8 rings (SSSR count). The quantitative estimate of drug-likeness (QED) is 0.441. The number of aromatic nitrogens is 5. The summed E-state index contributed by atoms with van der Waals surface area (Å²) in [6, 6.07) is 12.5. The SMILES string of the molecule is N#Cc1cnc2ccc(-c3c(-c4ccc(F)cc4)ncn3C34CC5C[C@H](C3)C[C@@H](C5)C4)nn12. The van der Waals surface area contributed by atoms with E-state index in [9.17, 15) is 9.65 Å². The second kappa shape index (κ2) is 6.74. The fraction of sp³-hybridized carbons (Fsp3) is 0.385. The van der Waals surface area contributed by atoms with Gasteiger partial charge in [-0.1, -0.05) is 0 Å². The lowest BCUT2D eigenvalue weighted by atomic mass is 9.53. The van der Waals surface area contributed by atoms with Crippen molar-refractivity contribution in [2.45, 2.75) is 44.1 Å². The number of imidazole rings is 2. The van der Waals surface area contributed by atoms with Gasteiger partial charge in [-0.3, -0.25) is 0 Å². The van der Waals surface area contributed by atoms with Crippen LogP contribution < -0.4 is 0 Å². The van der Waals surface area contributed by atoms with Gasteiger partial charge in [0.2, 0.25) is 0 Å². The summed E-state index contributed by atoms with van der Waals surface area (Å²) in [5, 5.41) is 14.3. The number of rotatable bonds is 3. The monoisotopic (exact) mass is 438 g/mol. The smallest absolute Gasteiger partial charge is 0.162 e. The first kappa shape index (κ1) is 19.0. The number of hydrogen-bond donors (Lipinski definition) is 0. The molecule has 4 aliphatic rings. The standard InChI is InChI=1S/C26H23FN6/c27-20-3-1-19(2-4-20)24-25(22-5-6-23-29-14-21(13-28)33(23)31-22)32(15-30-24)26-10-16-7-17(11-26)9-18(8-16)12-26/h1-6,14-18H,7-12H2/t16-,17+,18?,26?. The molecule has 0 amide bonds. The van der Waals surface area contributed by atoms with Crippen LogP contribution in [0.1, 0.15) is 44.2 Å². The predicted octanol–water partition coefficient (Wildman–Crippen LogP) is 5.20. The Labute approximate surface area is 190 Å². The van der Waals surface area contributed by atoms with Crippen molar-refractivity contribution >= 4 is 5.65 Å². The minimum atomic E-state index is -0.266. The fourth-order valence-electron chi connectivity index (χ4n) is 7.21. The topological polar surface area (TPSA) is 71.8 Å². The molecular weight excluding hydrogens is 415 g/mol. The van der Waals surface area contributed by atoms with Crippen molar-refractivity contribution in [2.24, 2.45) is 17.8 Å². The van der Waals surface area contributed by atoms with Crippen LogP contribution in [0.4, 0.5) is 4.39 Å². The zero-order chi connectivity index (χ0) is 22.2. The third-order valence-electron chi connectivity index (χ3n) is 8.12. The third-order valence-corrected chi connectivity index (χ3v) is 8.12. The highest BCUT2D eigenvalue weighted by Gasteiger charge is 2.52. The van der Waals surface area contributed by atoms with Gasteiger partial charge in [0.25, 0.3) is 0 Å². The maximum atomic E-state index is 13.7. The minimum Gasteiger partial charge on any atom is -0.322 e. The number of nitrogens with zero attached hydrogens (tertiary/aromatic N) is 6. The van der Waals surface area contributed by atoms with Crippen LogP contribution in [0.15, 0.2) is 48.9 Å². The van der Waals surface area contributed by atoms with Crippen molar-refractivity contribution < 1.29 is 4.39 Å². The van der Waals surface area contributed by atoms with Crippen molar-refractivity contribution in [3.63, 3.8) is 0 Å². The van der Waals surface area contributed by atoms with Gasteiger partial charge in [0.1, 0.15) is 17.6 Å². The average molecular weight is 439 g/mol. The Morgan fingerprint density at radius 2 is 1.64 bits per heavy atom. The Kier molecular flexibility index (Phi) is 3.88. The van der Waals surface area contributed by atoms with Gasteiger partial charge in [-0.05, 0) is 92.7 Å². The van der Waals surface area contributed by atoms with Crippen LogP contribution in [-0.4, -0.2) is 24.1 Å². The Morgan fingerprint density at radius 1 is 0.939 bits per heavy atom. The number of nitriles is 1. The molecule has 0 N–H and O–H groups in total. The minimum absolute atomic E-state index is 0.0546. The van der Waals surface area contributed by atoms with Crippen LogP contribution in [0.3, 0.4) is 0 Å². The molecule has 4 fully saturated rings. The van der Waals surface area contributed by atoms with Gasteiger partial charge in [-0.2, -0.15) is 10.4 Å². The van der Waals surface area contributed by atoms with E-state index in [0.717, 1.165) is 40.4 Å². The van der Waals surface area contributed by atoms with Crippen LogP contribution in [-0.2, 0) is 5.54 Å². The van der Waals surface area contributed by atoms with Gasteiger partial charge >= 0.3 is 0 Å². The van der Waals surface area contributed by atoms with Crippen LogP contribution in [0.25, 0.3) is 28.3 Å². The maximum Gasteiger partial charge on any atom is 0.162 e. The van der Waals surface area contributed by atoms with E-state index in [4.69, 9.17) is 10.1 Å². The molecule has 4 aliphatic carbocycles. The molecule has 0 radical (unpaired) electrons. The maximum absolute atomic E-state index is 13.7. The number of halogens is 1. The molecule has 0 spiro atoms. The average Bonchev–Trinajstić information content (AvgIpc) is 3.43. The summed E-state index contributed by atoms with van der Waals surface area (Å²) in [7, 11) is 0. The van der Waals surface area contributed by atoms with E-state index in [1.54, 1.807) is 22.8 Å². The van der Waals surface area contributed by atoms with Gasteiger partial charge in [-0.25, -0.2) is 18.9 Å². The highest BCUT2D eigenvalue weighted by molar-refractivity contribution is 5.77. The van der Waals surface area contributed by atoms with Crippen molar-refractivity contribution in [2.75, 3.05) is 0 Å². The number of benzene rings is 1. The third kappa shape index (κ3) is 2.80. The Balaban J connectivity index is 1.46. The van der Waals surface area contributed by atoms with E-state index >= 15 is 0 Å². The molecule has 0 atom stereocenters. The lowest BCUT2D eigenvalue weighted by molar-refractivity contribution is -0.0423. The van der Waals surface area contributed by atoms with E-state index in [1.807, 2.05) is 18.5 Å². The first-order chi connectivity index (χ1) is 16.1. The molecule has 3 aromatic heterocycles. The van der Waals surface area contributed by atoms with Crippen molar-refractivity contribution in [3.05, 3.63) is 60.4 Å². The zero-order valence-electron chi connectivity index (χ0n) is 18.2. The summed E-state index contributed by atoms with van der Waals surface area (Å²) >= 11 is 0. The summed E-state index contributed by atoms with van der Waals surface area (Å²) in [5.41, 5.74) is 4.46. The molecule has 7 heteroatoms. The second-order valence-corrected chi connectivity index (χ2v) is 10.2. The second-order valence-electron chi connectivity index (χ2n) is 10.2. The largest absolute Gasteiger partial charge is 0.322 e. The molecule has 4 bridgehead atoms. The van der Waals surface area contributed by atoms with Crippen molar-refractivity contribution in [3.8, 4) is 28.7 Å². The molecule has 33 heavy (non-hydrogen) atoms. The molecule has 4 saturated carbocycles. The van der Waals surface area contributed by atoms with Crippen LogP contribution in [0.2, 0.25) is 0 Å². The molecule has 0 saturated heterocycles. The van der Waals surface area contributed by atoms with E-state index in [0.29, 0.717) is 11.3 Å². The van der Waals surface area contributed by atoms with E-state index in [1.165, 1.54) is 50.7 Å². The Bertz CT molecular complexity index is 1390. The van der Waals surface area contributed by atoms with E-state index in [2.05, 4.69) is 15.6 Å². The molecular formula is C26H23FN6. The van der Waals surface area contributed by atoms with Gasteiger partial charge in [0.15, 0.2) is 11.3 Å². The lowest BCUT2D eigenvalue weighted by Crippen LogP contribution is -2.51. The van der Waals surface area contributed by atoms with Crippen LogP contribution in [0.5, 0.6) is 0 Å². The molecule has 164 valence electrons. The van der Waals surface area contributed by atoms with Gasteiger partial charge < -0.3 is 4.57 Å². The summed E-state index contributed by atoms with van der Waals surface area (Å²) in [6.45, 7) is 0. The summed E-state index contributed by atoms with van der Waals surface area (Å²) < 4.78 is 17.7. The van der Waals surface area contributed by atoms with Crippen LogP contribution >= 0.6 is 0 Å². The van der Waals surface area contributed by atoms with Crippen molar-refractivity contribution in [1.29, 1.82) is 5.26 Å². The first-order valence-corrected chi connectivity index (χ1v) is 11.7. The molecule has 6 nitrogen and oxygen atoms in total. The molecule has 0 aliphatic heterocycles. The molecule has 4 aromatic rings. The molecule has 1 aromatic carbocycles. The van der Waals surface area contributed by atoms with Gasteiger partial charge in [0, 0.05) is 11.1 Å². The number of fused-ring (bicyclic) bond motifs is 1. The summed E-state index contributed by atoms with van der Waals surface area (Å²) in [4.78, 5) is 9.16. The summed E-state index contributed by atoms with van der Waals surface area (Å²) in [6.07, 6.45) is 11.2. The Morgan fingerprint density at radius 3 is 2.30 bits per heavy atom. The number of hydrogen-bond acceptors (Lipinski definition) is 4. The molecule has 0 unspecified atom stereocenters. The Hall–Kier alpha value is -3.53. The predicted molar refractivity (Wildman–Crippen MR) is 120 cm³/mol. The van der Waals surface area contributed by atoms with Crippen LogP contribution in [0, 0.1) is 34.9 Å². The van der Waals surface area contributed by atoms with E-state index < -0.39 is 0 Å². The van der Waals surface area contributed by atoms with Gasteiger partial charge in [0.05, 0.1) is 23.9 Å². The highest BCUT2D eigenvalue weighted by atomic mass is 19.1. The summed E-state index contributed by atoms with van der Waals surface area (Å²) in [5.74, 6) is 2.09. The fourth-order valence-corrected chi connectivity index (χ4v) is 7.21. The van der Waals surface area contributed by atoms with Gasteiger partial charge in [-0.15, -0.1) is 0 Å². The lowest BCUT2D eigenvalue weighted by Gasteiger charge is -2.57. The highest BCUT2D eigenvalue weighted by Crippen LogP contribution is 2.59. The van der Waals surface area contributed by atoms with E-state index in [-0.39, 0.29) is 11.4 Å². The normalized spacial score (nSPS) is 27.8. The first-order valence-electron chi connectivity index (χ1n) is 11.7.